The lowest BCUT2D eigenvalue weighted by molar-refractivity contribution is 0.000618. The number of nitrogens with one attached hydrogen (secondary N) is 1. The molecule has 4 heteroatoms. The average molecular weight is 247 g/mol. The Labute approximate surface area is 106 Å². The van der Waals surface area contributed by atoms with E-state index in [0.29, 0.717) is 19.3 Å². The van der Waals surface area contributed by atoms with E-state index < -0.39 is 0 Å². The van der Waals surface area contributed by atoms with Gasteiger partial charge in [0, 0.05) is 26.9 Å². The van der Waals surface area contributed by atoms with Crippen LogP contribution in [0.2, 0.25) is 0 Å². The van der Waals surface area contributed by atoms with Gasteiger partial charge in [-0.3, -0.25) is 0 Å². The Morgan fingerprint density at radius 3 is 2.53 bits per heavy atom. The highest BCUT2D eigenvalue weighted by Gasteiger charge is 2.04. The molecular formula is C13H29NO3. The Kier molecular flexibility index (Phi) is 13.8. The fourth-order valence-corrected chi connectivity index (χ4v) is 1.44. The van der Waals surface area contributed by atoms with Crippen molar-refractivity contribution in [1.82, 2.24) is 5.32 Å². The topological polar surface area (TPSA) is 39.7 Å². The molecule has 0 amide bonds. The van der Waals surface area contributed by atoms with Crippen molar-refractivity contribution in [2.45, 2.75) is 39.2 Å². The van der Waals surface area contributed by atoms with Crippen molar-refractivity contribution in [2.75, 3.05) is 46.6 Å². The van der Waals surface area contributed by atoms with Crippen LogP contribution in [-0.4, -0.2) is 52.7 Å². The highest BCUT2D eigenvalue weighted by atomic mass is 16.5. The maximum Gasteiger partial charge on any atom is 0.0704 e. The number of methoxy groups -OCH3 is 1. The Morgan fingerprint density at radius 1 is 1.06 bits per heavy atom. The summed E-state index contributed by atoms with van der Waals surface area (Å²) in [5.41, 5.74) is 0. The molecule has 0 saturated carbocycles. The molecule has 104 valence electrons. The highest BCUT2D eigenvalue weighted by molar-refractivity contribution is 4.59. The molecule has 1 unspecified atom stereocenters. The van der Waals surface area contributed by atoms with Crippen molar-refractivity contribution in [2.24, 2.45) is 0 Å². The van der Waals surface area contributed by atoms with Crippen LogP contribution in [0.4, 0.5) is 0 Å². The fourth-order valence-electron chi connectivity index (χ4n) is 1.44. The quantitative estimate of drug-likeness (QED) is 0.504. The predicted octanol–water partition coefficient (Wildman–Crippen LogP) is 1.83. The van der Waals surface area contributed by atoms with Crippen LogP contribution >= 0.6 is 0 Å². The maximum absolute atomic E-state index is 5.73. The second kappa shape index (κ2) is 13.9. The molecule has 0 aromatic heterocycles. The SMILES string of the molecule is CCCNCC(CC)OCCOCCCOC. The van der Waals surface area contributed by atoms with Gasteiger partial charge in [-0.1, -0.05) is 13.8 Å². The van der Waals surface area contributed by atoms with Crippen LogP contribution < -0.4 is 5.32 Å². The van der Waals surface area contributed by atoms with E-state index in [4.69, 9.17) is 14.2 Å². The first-order valence-corrected chi connectivity index (χ1v) is 6.74. The van der Waals surface area contributed by atoms with Crippen LogP contribution in [0, 0.1) is 0 Å². The van der Waals surface area contributed by atoms with Crippen LogP contribution in [-0.2, 0) is 14.2 Å². The lowest BCUT2D eigenvalue weighted by Gasteiger charge is -2.16. The summed E-state index contributed by atoms with van der Waals surface area (Å²) in [6.45, 7) is 9.19. The summed E-state index contributed by atoms with van der Waals surface area (Å²) in [6.07, 6.45) is 3.47. The number of hydrogen-bond acceptors (Lipinski definition) is 4. The molecule has 4 nitrogen and oxygen atoms in total. The van der Waals surface area contributed by atoms with Crippen LogP contribution in [0.3, 0.4) is 0 Å². The Bertz CT molecular complexity index is 145. The van der Waals surface area contributed by atoms with E-state index in [-0.39, 0.29) is 0 Å². The molecule has 1 N–H and O–H groups in total. The van der Waals surface area contributed by atoms with Crippen molar-refractivity contribution in [3.8, 4) is 0 Å². The third-order valence-electron chi connectivity index (χ3n) is 2.47. The van der Waals surface area contributed by atoms with Crippen molar-refractivity contribution in [3.05, 3.63) is 0 Å². The van der Waals surface area contributed by atoms with Crippen LogP contribution in [0.25, 0.3) is 0 Å². The maximum atomic E-state index is 5.73. The summed E-state index contributed by atoms with van der Waals surface area (Å²) >= 11 is 0. The van der Waals surface area contributed by atoms with Gasteiger partial charge in [0.25, 0.3) is 0 Å². The summed E-state index contributed by atoms with van der Waals surface area (Å²) in [7, 11) is 1.71. The summed E-state index contributed by atoms with van der Waals surface area (Å²) in [4.78, 5) is 0. The smallest absolute Gasteiger partial charge is 0.0704 e. The van der Waals surface area contributed by atoms with E-state index in [1.807, 2.05) is 0 Å². The minimum Gasteiger partial charge on any atom is -0.385 e. The van der Waals surface area contributed by atoms with Crippen molar-refractivity contribution in [1.29, 1.82) is 0 Å². The molecule has 0 rings (SSSR count). The molecule has 0 fully saturated rings. The molecule has 0 radical (unpaired) electrons. The number of ether oxygens (including phenoxy) is 3. The Balaban J connectivity index is 3.25. The molecule has 0 heterocycles. The zero-order valence-electron chi connectivity index (χ0n) is 11.7. The van der Waals surface area contributed by atoms with Gasteiger partial charge in [-0.05, 0) is 25.8 Å². The number of rotatable bonds is 13. The third-order valence-corrected chi connectivity index (χ3v) is 2.47. The molecule has 0 aliphatic carbocycles. The summed E-state index contributed by atoms with van der Waals surface area (Å²) in [6, 6.07) is 0. The zero-order chi connectivity index (χ0) is 12.8. The second-order valence-electron chi connectivity index (χ2n) is 4.06. The van der Waals surface area contributed by atoms with Crippen molar-refractivity contribution in [3.63, 3.8) is 0 Å². The summed E-state index contributed by atoms with van der Waals surface area (Å²) < 4.78 is 16.1. The minimum absolute atomic E-state index is 0.309. The second-order valence-corrected chi connectivity index (χ2v) is 4.06. The highest BCUT2D eigenvalue weighted by Crippen LogP contribution is 1.96. The lowest BCUT2D eigenvalue weighted by atomic mass is 10.2. The van der Waals surface area contributed by atoms with Gasteiger partial charge in [-0.2, -0.15) is 0 Å². The van der Waals surface area contributed by atoms with E-state index in [9.17, 15) is 0 Å². The van der Waals surface area contributed by atoms with E-state index in [1.165, 1.54) is 6.42 Å². The molecule has 0 aliphatic heterocycles. The van der Waals surface area contributed by atoms with Gasteiger partial charge in [-0.25, -0.2) is 0 Å². The standard InChI is InChI=1S/C13H29NO3/c1-4-7-14-12-13(5-2)17-11-10-16-9-6-8-15-3/h13-14H,4-12H2,1-3H3. The van der Waals surface area contributed by atoms with E-state index in [1.54, 1.807) is 7.11 Å². The molecule has 0 spiro atoms. The van der Waals surface area contributed by atoms with E-state index in [0.717, 1.165) is 39.1 Å². The minimum atomic E-state index is 0.309. The first-order valence-electron chi connectivity index (χ1n) is 6.74. The van der Waals surface area contributed by atoms with E-state index >= 15 is 0 Å². The molecule has 0 aromatic carbocycles. The van der Waals surface area contributed by atoms with Gasteiger partial charge in [0.15, 0.2) is 0 Å². The van der Waals surface area contributed by atoms with Gasteiger partial charge >= 0.3 is 0 Å². The Morgan fingerprint density at radius 2 is 1.88 bits per heavy atom. The van der Waals surface area contributed by atoms with Crippen molar-refractivity contribution >= 4 is 0 Å². The fraction of sp³-hybridized carbons (Fsp3) is 1.00. The third kappa shape index (κ3) is 12.1. The molecule has 0 aliphatic rings. The van der Waals surface area contributed by atoms with Crippen molar-refractivity contribution < 1.29 is 14.2 Å². The zero-order valence-corrected chi connectivity index (χ0v) is 11.7. The molecule has 17 heavy (non-hydrogen) atoms. The summed E-state index contributed by atoms with van der Waals surface area (Å²) in [5, 5.41) is 3.37. The van der Waals surface area contributed by atoms with E-state index in [2.05, 4.69) is 19.2 Å². The van der Waals surface area contributed by atoms with Crippen LogP contribution in [0.15, 0.2) is 0 Å². The molecular weight excluding hydrogens is 218 g/mol. The largest absolute Gasteiger partial charge is 0.385 e. The normalized spacial score (nSPS) is 12.9. The first-order chi connectivity index (χ1) is 8.35. The van der Waals surface area contributed by atoms with Gasteiger partial charge in [-0.15, -0.1) is 0 Å². The first kappa shape index (κ1) is 16.8. The predicted molar refractivity (Wildman–Crippen MR) is 70.5 cm³/mol. The molecule has 0 aromatic rings. The van der Waals surface area contributed by atoms with Gasteiger partial charge in [0.05, 0.1) is 19.3 Å². The van der Waals surface area contributed by atoms with Crippen LogP contribution in [0.5, 0.6) is 0 Å². The monoisotopic (exact) mass is 247 g/mol. The summed E-state index contributed by atoms with van der Waals surface area (Å²) in [5.74, 6) is 0. The van der Waals surface area contributed by atoms with Gasteiger partial charge in [0.1, 0.15) is 0 Å². The molecule has 1 atom stereocenters. The average Bonchev–Trinajstić information content (AvgIpc) is 2.35. The van der Waals surface area contributed by atoms with Crippen LogP contribution in [0.1, 0.15) is 33.1 Å². The van der Waals surface area contributed by atoms with Gasteiger partial charge < -0.3 is 19.5 Å². The number of hydrogen-bond donors (Lipinski definition) is 1. The Hall–Kier alpha value is -0.160. The molecule has 0 bridgehead atoms. The van der Waals surface area contributed by atoms with Gasteiger partial charge in [0.2, 0.25) is 0 Å². The lowest BCUT2D eigenvalue weighted by Crippen LogP contribution is -2.30. The molecule has 0 saturated heterocycles.